The fourth-order valence-corrected chi connectivity index (χ4v) is 2.72. The monoisotopic (exact) mass is 385 g/mol. The molecule has 3 aromatic carbocycles. The minimum atomic E-state index is -0.379. The molecule has 3 aromatic rings. The number of nitrogens with zero attached hydrogens (tertiary/aromatic N) is 2. The van der Waals surface area contributed by atoms with Gasteiger partial charge in [-0.25, -0.2) is 0 Å². The lowest BCUT2D eigenvalue weighted by Gasteiger charge is -2.20. The van der Waals surface area contributed by atoms with Gasteiger partial charge in [0.05, 0.1) is 11.6 Å². The molecular formula is C23H19N3O3. The van der Waals surface area contributed by atoms with Gasteiger partial charge in [-0.15, -0.1) is 0 Å². The van der Waals surface area contributed by atoms with Crippen molar-refractivity contribution in [2.75, 3.05) is 23.4 Å². The number of hydrogen-bond donors (Lipinski definition) is 1. The van der Waals surface area contributed by atoms with E-state index in [0.717, 1.165) is 0 Å². The SMILES string of the molecule is N#CCN(C(=O)COc1ccccc1C(=O)Nc1ccccc1)c1ccccc1. The number of ether oxygens (including phenoxy) is 1. The van der Waals surface area contributed by atoms with Gasteiger partial charge in [-0.1, -0.05) is 48.5 Å². The average Bonchev–Trinajstić information content (AvgIpc) is 2.77. The van der Waals surface area contributed by atoms with Crippen LogP contribution >= 0.6 is 0 Å². The first-order chi connectivity index (χ1) is 14.2. The summed E-state index contributed by atoms with van der Waals surface area (Å²) in [6.45, 7) is -0.394. The molecule has 3 rings (SSSR count). The zero-order valence-electron chi connectivity index (χ0n) is 15.6. The Hall–Kier alpha value is -4.11. The van der Waals surface area contributed by atoms with E-state index in [4.69, 9.17) is 10.00 Å². The number of rotatable bonds is 7. The number of carbonyl (C=O) groups excluding carboxylic acids is 2. The van der Waals surface area contributed by atoms with Crippen LogP contribution in [-0.2, 0) is 4.79 Å². The van der Waals surface area contributed by atoms with Gasteiger partial charge in [-0.3, -0.25) is 14.5 Å². The van der Waals surface area contributed by atoms with Crippen LogP contribution in [0.4, 0.5) is 11.4 Å². The molecule has 0 saturated heterocycles. The van der Waals surface area contributed by atoms with Crippen molar-refractivity contribution in [1.29, 1.82) is 5.26 Å². The first-order valence-corrected chi connectivity index (χ1v) is 8.99. The van der Waals surface area contributed by atoms with Crippen molar-refractivity contribution < 1.29 is 14.3 Å². The summed E-state index contributed by atoms with van der Waals surface area (Å²) in [6.07, 6.45) is 0. The first kappa shape index (κ1) is 19.6. The number of anilines is 2. The second kappa shape index (κ2) is 9.72. The summed E-state index contributed by atoms with van der Waals surface area (Å²) in [5.41, 5.74) is 1.58. The van der Waals surface area contributed by atoms with Crippen LogP contribution < -0.4 is 15.0 Å². The zero-order chi connectivity index (χ0) is 20.5. The molecule has 0 heterocycles. The van der Waals surface area contributed by atoms with E-state index >= 15 is 0 Å². The van der Waals surface area contributed by atoms with Crippen LogP contribution in [0, 0.1) is 11.3 Å². The maximum absolute atomic E-state index is 12.6. The van der Waals surface area contributed by atoms with Crippen molar-refractivity contribution in [3.8, 4) is 11.8 Å². The molecule has 0 unspecified atom stereocenters. The Morgan fingerprint density at radius 3 is 2.21 bits per heavy atom. The number of nitriles is 1. The van der Waals surface area contributed by atoms with E-state index in [1.54, 1.807) is 60.7 Å². The minimum Gasteiger partial charge on any atom is -0.483 e. The average molecular weight is 385 g/mol. The number of hydrogen-bond acceptors (Lipinski definition) is 4. The summed E-state index contributed by atoms with van der Waals surface area (Å²) in [5.74, 6) is -0.425. The van der Waals surface area contributed by atoms with Gasteiger partial charge in [0.2, 0.25) is 0 Å². The second-order valence-electron chi connectivity index (χ2n) is 6.08. The molecule has 0 aromatic heterocycles. The van der Waals surface area contributed by atoms with Crippen LogP contribution in [0.3, 0.4) is 0 Å². The minimum absolute atomic E-state index is 0.0949. The van der Waals surface area contributed by atoms with Crippen LogP contribution in [-0.4, -0.2) is 25.0 Å². The number of carbonyl (C=O) groups is 2. The van der Waals surface area contributed by atoms with Gasteiger partial charge < -0.3 is 10.1 Å². The molecule has 0 aliphatic carbocycles. The highest BCUT2D eigenvalue weighted by Gasteiger charge is 2.18. The lowest BCUT2D eigenvalue weighted by atomic mass is 10.2. The fourth-order valence-electron chi connectivity index (χ4n) is 2.72. The topological polar surface area (TPSA) is 82.4 Å². The number of benzene rings is 3. The molecule has 0 aliphatic rings. The summed E-state index contributed by atoms with van der Waals surface area (Å²) in [7, 11) is 0. The van der Waals surface area contributed by atoms with E-state index in [1.807, 2.05) is 30.3 Å². The van der Waals surface area contributed by atoms with E-state index in [-0.39, 0.29) is 25.0 Å². The number of amides is 2. The predicted molar refractivity (Wildman–Crippen MR) is 111 cm³/mol. The second-order valence-corrected chi connectivity index (χ2v) is 6.08. The fraction of sp³-hybridized carbons (Fsp3) is 0.0870. The maximum Gasteiger partial charge on any atom is 0.265 e. The van der Waals surface area contributed by atoms with Gasteiger partial charge in [0.15, 0.2) is 6.61 Å². The summed E-state index contributed by atoms with van der Waals surface area (Å²) in [6, 6.07) is 26.7. The van der Waals surface area contributed by atoms with Gasteiger partial charge >= 0.3 is 0 Å². The first-order valence-electron chi connectivity index (χ1n) is 8.99. The Bertz CT molecular complexity index is 1010. The third-order valence-corrected chi connectivity index (χ3v) is 4.11. The summed E-state index contributed by atoms with van der Waals surface area (Å²) in [4.78, 5) is 26.6. The molecule has 0 bridgehead atoms. The van der Waals surface area contributed by atoms with Gasteiger partial charge in [0.1, 0.15) is 12.3 Å². The lowest BCUT2D eigenvalue weighted by molar-refractivity contribution is -0.120. The Kier molecular flexibility index (Phi) is 6.58. The van der Waals surface area contributed by atoms with Crippen molar-refractivity contribution in [2.24, 2.45) is 0 Å². The molecule has 0 saturated carbocycles. The molecule has 2 amide bonds. The van der Waals surface area contributed by atoms with E-state index in [0.29, 0.717) is 22.7 Å². The highest BCUT2D eigenvalue weighted by molar-refractivity contribution is 6.06. The summed E-state index contributed by atoms with van der Waals surface area (Å²) < 4.78 is 5.65. The molecular weight excluding hydrogens is 366 g/mol. The van der Waals surface area contributed by atoms with Gasteiger partial charge in [-0.2, -0.15) is 5.26 Å². The van der Waals surface area contributed by atoms with E-state index in [1.165, 1.54) is 4.90 Å². The largest absolute Gasteiger partial charge is 0.483 e. The molecule has 1 N–H and O–H groups in total. The van der Waals surface area contributed by atoms with Crippen molar-refractivity contribution >= 4 is 23.2 Å². The maximum atomic E-state index is 12.6. The van der Waals surface area contributed by atoms with Crippen molar-refractivity contribution in [2.45, 2.75) is 0 Å². The van der Waals surface area contributed by atoms with Gasteiger partial charge in [0, 0.05) is 11.4 Å². The van der Waals surface area contributed by atoms with E-state index in [9.17, 15) is 9.59 Å². The van der Waals surface area contributed by atoms with Crippen LogP contribution in [0.5, 0.6) is 5.75 Å². The molecule has 0 spiro atoms. The third-order valence-electron chi connectivity index (χ3n) is 4.11. The molecule has 29 heavy (non-hydrogen) atoms. The van der Waals surface area contributed by atoms with Crippen molar-refractivity contribution in [3.05, 3.63) is 90.5 Å². The summed E-state index contributed by atoms with van der Waals surface area (Å²) in [5, 5.41) is 11.8. The summed E-state index contributed by atoms with van der Waals surface area (Å²) >= 11 is 0. The zero-order valence-corrected chi connectivity index (χ0v) is 15.6. The molecule has 144 valence electrons. The molecule has 6 nitrogen and oxygen atoms in total. The predicted octanol–water partition coefficient (Wildman–Crippen LogP) is 3.87. The quantitative estimate of drug-likeness (QED) is 0.626. The molecule has 0 fully saturated rings. The van der Waals surface area contributed by atoms with Crippen LogP contribution in [0.25, 0.3) is 0 Å². The Balaban J connectivity index is 1.71. The number of para-hydroxylation sites is 3. The lowest BCUT2D eigenvalue weighted by Crippen LogP contribution is -2.35. The van der Waals surface area contributed by atoms with Crippen LogP contribution in [0.1, 0.15) is 10.4 Å². The van der Waals surface area contributed by atoms with Gasteiger partial charge in [0.25, 0.3) is 11.8 Å². The van der Waals surface area contributed by atoms with Crippen molar-refractivity contribution in [1.82, 2.24) is 0 Å². The Morgan fingerprint density at radius 2 is 1.52 bits per heavy atom. The Labute approximate surface area is 169 Å². The molecule has 0 aliphatic heterocycles. The molecule has 0 atom stereocenters. The highest BCUT2D eigenvalue weighted by atomic mass is 16.5. The van der Waals surface area contributed by atoms with Crippen molar-refractivity contribution in [3.63, 3.8) is 0 Å². The van der Waals surface area contributed by atoms with E-state index < -0.39 is 0 Å². The number of nitrogens with one attached hydrogen (secondary N) is 1. The molecule has 0 radical (unpaired) electrons. The highest BCUT2D eigenvalue weighted by Crippen LogP contribution is 2.20. The van der Waals surface area contributed by atoms with E-state index in [2.05, 4.69) is 5.32 Å². The Morgan fingerprint density at radius 1 is 0.897 bits per heavy atom. The molecule has 6 heteroatoms. The normalized spacial score (nSPS) is 9.90. The standard InChI is InChI=1S/C23H19N3O3/c24-15-16-26(19-11-5-2-6-12-19)22(27)17-29-21-14-8-7-13-20(21)23(28)25-18-9-3-1-4-10-18/h1-14H,16-17H2,(H,25,28). The smallest absolute Gasteiger partial charge is 0.265 e. The van der Waals surface area contributed by atoms with Crippen LogP contribution in [0.15, 0.2) is 84.9 Å². The third kappa shape index (κ3) is 5.21. The van der Waals surface area contributed by atoms with Gasteiger partial charge in [-0.05, 0) is 36.4 Å². The van der Waals surface area contributed by atoms with Crippen LogP contribution in [0.2, 0.25) is 0 Å².